The molecular weight excluding hydrogens is 485 g/mol. The van der Waals surface area contributed by atoms with Gasteiger partial charge in [-0.05, 0) is 78.8 Å². The Labute approximate surface area is 212 Å². The van der Waals surface area contributed by atoms with E-state index >= 15 is 0 Å². The molecule has 1 unspecified atom stereocenters. The molecule has 1 amide bonds. The Morgan fingerprint density at radius 2 is 2.00 bits per heavy atom. The normalized spacial score (nSPS) is 15.2. The zero-order chi connectivity index (χ0) is 25.2. The number of carbonyl (C=O) groups is 1. The Bertz CT molecular complexity index is 1400. The smallest absolute Gasteiger partial charge is 0.405 e. The van der Waals surface area contributed by atoms with E-state index in [1.165, 1.54) is 6.07 Å². The van der Waals surface area contributed by atoms with Crippen LogP contribution in [0.5, 0.6) is 0 Å². The molecule has 2 N–H and O–H groups in total. The van der Waals surface area contributed by atoms with E-state index in [0.717, 1.165) is 42.7 Å². The van der Waals surface area contributed by atoms with Crippen LogP contribution in [0.4, 0.5) is 15.0 Å². The van der Waals surface area contributed by atoms with Crippen LogP contribution in [0.25, 0.3) is 22.3 Å². The average molecular weight is 510 g/mol. The summed E-state index contributed by atoms with van der Waals surface area (Å²) in [6.07, 6.45) is 0.907. The summed E-state index contributed by atoms with van der Waals surface area (Å²) in [5.41, 5.74) is 7.12. The van der Waals surface area contributed by atoms with Crippen LogP contribution in [0.1, 0.15) is 37.1 Å². The largest absolute Gasteiger partial charge is 0.440 e. The lowest BCUT2D eigenvalue weighted by molar-refractivity contribution is 0.135. The summed E-state index contributed by atoms with van der Waals surface area (Å²) in [7, 11) is 0. The third kappa shape index (κ3) is 5.11. The quantitative estimate of drug-likeness (QED) is 0.355. The number of primary amides is 1. The van der Waals surface area contributed by atoms with E-state index in [2.05, 4.69) is 26.7 Å². The van der Waals surface area contributed by atoms with Crippen LogP contribution in [0.2, 0.25) is 5.02 Å². The fourth-order valence-corrected chi connectivity index (χ4v) is 4.92. The molecule has 3 heterocycles. The van der Waals surface area contributed by atoms with Crippen LogP contribution in [0, 0.1) is 11.7 Å². The van der Waals surface area contributed by atoms with Gasteiger partial charge in [-0.3, -0.25) is 0 Å². The number of piperidine rings is 1. The molecular formula is C26H25ClFN5O3. The van der Waals surface area contributed by atoms with Gasteiger partial charge in [-0.15, -0.1) is 0 Å². The van der Waals surface area contributed by atoms with Crippen molar-refractivity contribution < 1.29 is 18.4 Å². The van der Waals surface area contributed by atoms with Crippen molar-refractivity contribution in [2.75, 3.05) is 18.0 Å². The molecule has 4 aromatic rings. The predicted molar refractivity (Wildman–Crippen MR) is 134 cm³/mol. The molecule has 1 fully saturated rings. The van der Waals surface area contributed by atoms with Gasteiger partial charge in [0.1, 0.15) is 11.6 Å². The van der Waals surface area contributed by atoms with Gasteiger partial charge < -0.3 is 19.9 Å². The van der Waals surface area contributed by atoms with Crippen molar-refractivity contribution in [3.63, 3.8) is 0 Å². The van der Waals surface area contributed by atoms with E-state index in [4.69, 9.17) is 26.8 Å². The summed E-state index contributed by atoms with van der Waals surface area (Å²) < 4.78 is 24.6. The van der Waals surface area contributed by atoms with Crippen LogP contribution in [-0.4, -0.2) is 34.3 Å². The topological polar surface area (TPSA) is 107 Å². The number of fused-ring (bicyclic) bond motifs is 1. The predicted octanol–water partition coefficient (Wildman–Crippen LogP) is 5.69. The first kappa shape index (κ1) is 24.0. The molecule has 0 spiro atoms. The van der Waals surface area contributed by atoms with Gasteiger partial charge in [-0.25, -0.2) is 14.2 Å². The average Bonchev–Trinajstić information content (AvgIpc) is 3.36. The van der Waals surface area contributed by atoms with Gasteiger partial charge in [0, 0.05) is 29.1 Å². The summed E-state index contributed by atoms with van der Waals surface area (Å²) >= 11 is 6.09. The highest BCUT2D eigenvalue weighted by Crippen LogP contribution is 2.36. The third-order valence-electron chi connectivity index (χ3n) is 6.76. The first-order valence-corrected chi connectivity index (χ1v) is 12.1. The van der Waals surface area contributed by atoms with Crippen molar-refractivity contribution >= 4 is 34.4 Å². The summed E-state index contributed by atoms with van der Waals surface area (Å²) in [6.45, 7) is 3.53. The number of ether oxygens (including phenoxy) is 1. The number of nitrogens with two attached hydrogens (primary N) is 1. The highest BCUT2D eigenvalue weighted by Gasteiger charge is 2.27. The number of hydrogen-bond acceptors (Lipinski definition) is 7. The molecule has 1 saturated heterocycles. The monoisotopic (exact) mass is 509 g/mol. The maximum atomic E-state index is 14.9. The molecule has 5 rings (SSSR count). The minimum absolute atomic E-state index is 0.00312. The molecule has 1 aliphatic rings. The highest BCUT2D eigenvalue weighted by molar-refractivity contribution is 6.31. The van der Waals surface area contributed by atoms with E-state index in [1.54, 1.807) is 12.1 Å². The van der Waals surface area contributed by atoms with E-state index in [0.29, 0.717) is 27.9 Å². The Balaban J connectivity index is 1.27. The first-order valence-electron chi connectivity index (χ1n) is 11.7. The Kier molecular flexibility index (Phi) is 6.73. The van der Waals surface area contributed by atoms with Gasteiger partial charge in [-0.2, -0.15) is 4.98 Å². The van der Waals surface area contributed by atoms with Crippen molar-refractivity contribution in [1.29, 1.82) is 0 Å². The fraction of sp³-hybridized carbons (Fsp3) is 0.308. The Morgan fingerprint density at radius 1 is 1.19 bits per heavy atom. The maximum Gasteiger partial charge on any atom is 0.405 e. The van der Waals surface area contributed by atoms with Gasteiger partial charge >= 0.3 is 6.09 Å². The van der Waals surface area contributed by atoms with E-state index < -0.39 is 6.09 Å². The van der Waals surface area contributed by atoms with Crippen LogP contribution >= 0.6 is 11.6 Å². The van der Waals surface area contributed by atoms with Crippen LogP contribution in [0.15, 0.2) is 53.1 Å². The molecule has 0 bridgehead atoms. The van der Waals surface area contributed by atoms with Crippen molar-refractivity contribution in [3.05, 3.63) is 70.8 Å². The lowest BCUT2D eigenvalue weighted by atomic mass is 9.80. The van der Waals surface area contributed by atoms with Gasteiger partial charge in [0.25, 0.3) is 5.89 Å². The van der Waals surface area contributed by atoms with Crippen molar-refractivity contribution in [1.82, 2.24) is 15.1 Å². The summed E-state index contributed by atoms with van der Waals surface area (Å²) in [6, 6.07) is 14.6. The number of anilines is 1. The highest BCUT2D eigenvalue weighted by atomic mass is 35.5. The Morgan fingerprint density at radius 3 is 2.78 bits per heavy atom. The lowest BCUT2D eigenvalue weighted by Gasteiger charge is -2.36. The van der Waals surface area contributed by atoms with E-state index in [9.17, 15) is 9.18 Å². The van der Waals surface area contributed by atoms with Crippen LogP contribution in [-0.2, 0) is 11.3 Å². The summed E-state index contributed by atoms with van der Waals surface area (Å²) in [5, 5.41) is 5.62. The summed E-state index contributed by atoms with van der Waals surface area (Å²) in [5.74, 6) is 1.41. The number of halogens is 2. The second-order valence-electron chi connectivity index (χ2n) is 8.98. The molecule has 10 heteroatoms. The maximum absolute atomic E-state index is 14.9. The third-order valence-corrected chi connectivity index (χ3v) is 6.99. The molecule has 8 nitrogen and oxygen atoms in total. The molecule has 0 saturated carbocycles. The van der Waals surface area contributed by atoms with Crippen LogP contribution < -0.4 is 10.6 Å². The number of pyridine rings is 1. The minimum Gasteiger partial charge on any atom is -0.440 e. The van der Waals surface area contributed by atoms with Gasteiger partial charge in [-0.1, -0.05) is 23.7 Å². The molecule has 36 heavy (non-hydrogen) atoms. The molecule has 0 aliphatic carbocycles. The first-order chi connectivity index (χ1) is 17.4. The molecule has 1 atom stereocenters. The molecule has 186 valence electrons. The molecule has 0 radical (unpaired) electrons. The second-order valence-corrected chi connectivity index (χ2v) is 9.41. The van der Waals surface area contributed by atoms with E-state index in [1.807, 2.05) is 30.3 Å². The Hall–Kier alpha value is -3.72. The SMILES string of the molecule is CC(c1cc(-c2noc(COC(N)=O)n2)ccc1F)C1CCN(c2ccc3cc(Cl)ccc3n2)CC1. The summed E-state index contributed by atoms with van der Waals surface area (Å²) in [4.78, 5) is 22.1. The number of aromatic nitrogens is 3. The molecule has 1 aliphatic heterocycles. The van der Waals surface area contributed by atoms with E-state index in [-0.39, 0.29) is 24.2 Å². The number of rotatable bonds is 6. The van der Waals surface area contributed by atoms with Crippen molar-refractivity contribution in [2.45, 2.75) is 32.3 Å². The van der Waals surface area contributed by atoms with Crippen molar-refractivity contribution in [3.8, 4) is 11.4 Å². The number of hydrogen-bond donors (Lipinski definition) is 1. The minimum atomic E-state index is -0.931. The lowest BCUT2D eigenvalue weighted by Crippen LogP contribution is -2.35. The van der Waals surface area contributed by atoms with Crippen LogP contribution in [0.3, 0.4) is 0 Å². The van der Waals surface area contributed by atoms with Crippen molar-refractivity contribution in [2.24, 2.45) is 11.7 Å². The number of amides is 1. The number of nitrogens with zero attached hydrogens (tertiary/aromatic N) is 4. The molecule has 2 aromatic heterocycles. The standard InChI is InChI=1S/C26H25ClFN5O3/c1-15(20-13-18(2-5-21(20)28)25-31-24(36-32-25)14-35-26(29)34)16-8-10-33(11-9-16)23-7-3-17-12-19(27)4-6-22(17)30-23/h2-7,12-13,15-16H,8-11,14H2,1H3,(H2,29,34). The van der Waals surface area contributed by atoms with Gasteiger partial charge in [0.05, 0.1) is 5.52 Å². The fourth-order valence-electron chi connectivity index (χ4n) is 4.74. The molecule has 2 aromatic carbocycles. The zero-order valence-corrected chi connectivity index (χ0v) is 20.4. The zero-order valence-electron chi connectivity index (χ0n) is 19.7. The second kappa shape index (κ2) is 10.1. The van der Waals surface area contributed by atoms with Gasteiger partial charge in [0.15, 0.2) is 6.61 Å². The van der Waals surface area contributed by atoms with Gasteiger partial charge in [0.2, 0.25) is 5.82 Å². The number of benzene rings is 2. The number of carbonyl (C=O) groups excluding carboxylic acids is 1.